The van der Waals surface area contributed by atoms with Crippen LogP contribution in [0.2, 0.25) is 0 Å². The summed E-state index contributed by atoms with van der Waals surface area (Å²) in [5, 5.41) is 0. The Morgan fingerprint density at radius 1 is 1.73 bits per heavy atom. The van der Waals surface area contributed by atoms with Gasteiger partial charge in [0.05, 0.1) is 0 Å². The Morgan fingerprint density at radius 2 is 2.36 bits per heavy atom. The van der Waals surface area contributed by atoms with E-state index in [1.165, 1.54) is 0 Å². The van der Waals surface area contributed by atoms with Crippen LogP contribution < -0.4 is 0 Å². The average Bonchev–Trinajstić information content (AvgIpc) is 2.28. The van der Waals surface area contributed by atoms with Crippen molar-refractivity contribution in [3.8, 4) is 0 Å². The molecule has 0 saturated heterocycles. The molecule has 1 atom stereocenters. The predicted molar refractivity (Wildman–Crippen MR) is 49.7 cm³/mol. The molecule has 1 rings (SSSR count). The van der Waals surface area contributed by atoms with Crippen LogP contribution in [0, 0.1) is 6.92 Å². The molecule has 2 nitrogen and oxygen atoms in total. The topological polar surface area (TPSA) is 17.8 Å². The number of halogens is 1. The molecular formula is C8H13BrN2. The average molecular weight is 217 g/mol. The molecule has 0 N–H and O–H groups in total. The maximum Gasteiger partial charge on any atom is 0.124 e. The summed E-state index contributed by atoms with van der Waals surface area (Å²) in [6.45, 7) is 6.40. The second-order valence-electron chi connectivity index (χ2n) is 2.78. The standard InChI is InChI=1S/C8H13BrN2/c1-4-6(2)11-5-8(9)10-7(11)3/h5-6H,4H2,1-3H3. The predicted octanol–water partition coefficient (Wildman–Crippen LogP) is 2.93. The van der Waals surface area contributed by atoms with E-state index in [1.54, 1.807) is 0 Å². The summed E-state index contributed by atoms with van der Waals surface area (Å²) in [6.07, 6.45) is 3.17. The summed E-state index contributed by atoms with van der Waals surface area (Å²) in [5.74, 6) is 1.08. The summed E-state index contributed by atoms with van der Waals surface area (Å²) in [4.78, 5) is 4.26. The van der Waals surface area contributed by atoms with Crippen LogP contribution in [0.4, 0.5) is 0 Å². The van der Waals surface area contributed by atoms with Crippen molar-refractivity contribution < 1.29 is 0 Å². The zero-order valence-electron chi connectivity index (χ0n) is 7.13. The fourth-order valence-electron chi connectivity index (χ4n) is 1.09. The lowest BCUT2D eigenvalue weighted by Gasteiger charge is -2.11. The number of hydrogen-bond acceptors (Lipinski definition) is 1. The van der Waals surface area contributed by atoms with E-state index in [4.69, 9.17) is 0 Å². The molecule has 0 aliphatic heterocycles. The van der Waals surface area contributed by atoms with E-state index in [0.717, 1.165) is 16.8 Å². The highest BCUT2D eigenvalue weighted by Crippen LogP contribution is 2.16. The lowest BCUT2D eigenvalue weighted by Crippen LogP contribution is -2.03. The van der Waals surface area contributed by atoms with E-state index < -0.39 is 0 Å². The van der Waals surface area contributed by atoms with Crippen molar-refractivity contribution >= 4 is 15.9 Å². The molecule has 62 valence electrons. The minimum absolute atomic E-state index is 0.550. The highest BCUT2D eigenvalue weighted by Gasteiger charge is 2.06. The Balaban J connectivity index is 2.93. The molecule has 0 spiro atoms. The van der Waals surface area contributed by atoms with Crippen LogP contribution in [0.5, 0.6) is 0 Å². The molecule has 11 heavy (non-hydrogen) atoms. The normalized spacial score (nSPS) is 13.5. The molecule has 0 amide bonds. The molecule has 0 aliphatic rings. The van der Waals surface area contributed by atoms with Crippen molar-refractivity contribution in [1.29, 1.82) is 0 Å². The van der Waals surface area contributed by atoms with Gasteiger partial charge in [0.1, 0.15) is 10.4 Å². The first-order valence-electron chi connectivity index (χ1n) is 3.86. The molecule has 1 unspecified atom stereocenters. The van der Waals surface area contributed by atoms with Crippen molar-refractivity contribution in [3.05, 3.63) is 16.6 Å². The van der Waals surface area contributed by atoms with Gasteiger partial charge >= 0.3 is 0 Å². The Hall–Kier alpha value is -0.310. The van der Waals surface area contributed by atoms with Gasteiger partial charge in [0.25, 0.3) is 0 Å². The number of aryl methyl sites for hydroxylation is 1. The third-order valence-corrected chi connectivity index (χ3v) is 2.34. The van der Waals surface area contributed by atoms with E-state index in [2.05, 4.69) is 39.3 Å². The molecule has 1 aromatic heterocycles. The van der Waals surface area contributed by atoms with Crippen molar-refractivity contribution in [3.63, 3.8) is 0 Å². The number of nitrogens with zero attached hydrogens (tertiary/aromatic N) is 2. The number of imidazole rings is 1. The highest BCUT2D eigenvalue weighted by molar-refractivity contribution is 9.10. The molecule has 3 heteroatoms. The lowest BCUT2D eigenvalue weighted by molar-refractivity contribution is 0.518. The van der Waals surface area contributed by atoms with Crippen molar-refractivity contribution in [1.82, 2.24) is 9.55 Å². The van der Waals surface area contributed by atoms with E-state index in [9.17, 15) is 0 Å². The van der Waals surface area contributed by atoms with E-state index in [0.29, 0.717) is 6.04 Å². The summed E-state index contributed by atoms with van der Waals surface area (Å²) in [7, 11) is 0. The number of hydrogen-bond donors (Lipinski definition) is 0. The van der Waals surface area contributed by atoms with Crippen LogP contribution in [-0.2, 0) is 0 Å². The van der Waals surface area contributed by atoms with Gasteiger partial charge in [-0.3, -0.25) is 0 Å². The maximum absolute atomic E-state index is 4.26. The van der Waals surface area contributed by atoms with Gasteiger partial charge in [-0.05, 0) is 36.2 Å². The molecule has 1 heterocycles. The Bertz CT molecular complexity index is 242. The van der Waals surface area contributed by atoms with Crippen molar-refractivity contribution in [2.45, 2.75) is 33.2 Å². The van der Waals surface area contributed by atoms with E-state index >= 15 is 0 Å². The fraction of sp³-hybridized carbons (Fsp3) is 0.625. The first-order chi connectivity index (χ1) is 5.15. The summed E-state index contributed by atoms with van der Waals surface area (Å²) >= 11 is 3.35. The Kier molecular flexibility index (Phi) is 2.71. The second kappa shape index (κ2) is 3.39. The van der Waals surface area contributed by atoms with Gasteiger partial charge in [0.2, 0.25) is 0 Å². The molecule has 1 aromatic rings. The van der Waals surface area contributed by atoms with Gasteiger partial charge in [0.15, 0.2) is 0 Å². The second-order valence-corrected chi connectivity index (χ2v) is 3.59. The SMILES string of the molecule is CCC(C)n1cc(Br)nc1C. The van der Waals surface area contributed by atoms with Gasteiger partial charge in [-0.1, -0.05) is 6.92 Å². The van der Waals surface area contributed by atoms with Crippen LogP contribution in [-0.4, -0.2) is 9.55 Å². The van der Waals surface area contributed by atoms with Crippen LogP contribution >= 0.6 is 15.9 Å². The van der Waals surface area contributed by atoms with Gasteiger partial charge in [0, 0.05) is 12.2 Å². The van der Waals surface area contributed by atoms with Crippen LogP contribution in [0.3, 0.4) is 0 Å². The summed E-state index contributed by atoms with van der Waals surface area (Å²) in [6, 6.07) is 0.550. The Morgan fingerprint density at radius 3 is 2.73 bits per heavy atom. The third-order valence-electron chi connectivity index (χ3n) is 1.95. The van der Waals surface area contributed by atoms with Crippen molar-refractivity contribution in [2.75, 3.05) is 0 Å². The van der Waals surface area contributed by atoms with Crippen molar-refractivity contribution in [2.24, 2.45) is 0 Å². The van der Waals surface area contributed by atoms with Gasteiger partial charge < -0.3 is 4.57 Å². The smallest absolute Gasteiger partial charge is 0.124 e. The lowest BCUT2D eigenvalue weighted by atomic mass is 10.2. The summed E-state index contributed by atoms with van der Waals surface area (Å²) < 4.78 is 3.11. The molecular weight excluding hydrogens is 204 g/mol. The highest BCUT2D eigenvalue weighted by atomic mass is 79.9. The van der Waals surface area contributed by atoms with Gasteiger partial charge in [-0.2, -0.15) is 0 Å². The molecule has 0 radical (unpaired) electrons. The minimum Gasteiger partial charge on any atom is -0.331 e. The Labute approximate surface area is 75.8 Å². The quantitative estimate of drug-likeness (QED) is 0.744. The first-order valence-corrected chi connectivity index (χ1v) is 4.65. The minimum atomic E-state index is 0.550. The van der Waals surface area contributed by atoms with Crippen LogP contribution in [0.25, 0.3) is 0 Å². The van der Waals surface area contributed by atoms with E-state index in [1.807, 2.05) is 13.1 Å². The maximum atomic E-state index is 4.26. The van der Waals surface area contributed by atoms with Gasteiger partial charge in [-0.15, -0.1) is 0 Å². The van der Waals surface area contributed by atoms with Crippen LogP contribution in [0.15, 0.2) is 10.8 Å². The fourth-order valence-corrected chi connectivity index (χ4v) is 1.57. The number of rotatable bonds is 2. The molecule has 0 fully saturated rings. The largest absolute Gasteiger partial charge is 0.331 e. The monoisotopic (exact) mass is 216 g/mol. The molecule has 0 aliphatic carbocycles. The van der Waals surface area contributed by atoms with Gasteiger partial charge in [-0.25, -0.2) is 4.98 Å². The third kappa shape index (κ3) is 1.83. The zero-order chi connectivity index (χ0) is 8.43. The number of aromatic nitrogens is 2. The molecule has 0 aromatic carbocycles. The summed E-state index contributed by atoms with van der Waals surface area (Å²) in [5.41, 5.74) is 0. The van der Waals surface area contributed by atoms with Crippen LogP contribution in [0.1, 0.15) is 32.1 Å². The molecule has 0 saturated carbocycles. The zero-order valence-corrected chi connectivity index (χ0v) is 8.72. The first kappa shape index (κ1) is 8.78. The van der Waals surface area contributed by atoms with E-state index in [-0.39, 0.29) is 0 Å². The molecule has 0 bridgehead atoms.